The van der Waals surface area contributed by atoms with E-state index in [4.69, 9.17) is 9.47 Å². The number of nitrogens with zero attached hydrogens (tertiary/aromatic N) is 2. The predicted molar refractivity (Wildman–Crippen MR) is 153 cm³/mol. The quantitative estimate of drug-likeness (QED) is 0.329. The Morgan fingerprint density at radius 1 is 0.902 bits per heavy atom. The van der Waals surface area contributed by atoms with Crippen molar-refractivity contribution < 1.29 is 28.7 Å². The van der Waals surface area contributed by atoms with Crippen LogP contribution in [0.25, 0.3) is 0 Å². The second-order valence-electron chi connectivity index (χ2n) is 11.6. The van der Waals surface area contributed by atoms with E-state index in [-0.39, 0.29) is 6.42 Å². The lowest BCUT2D eigenvalue weighted by molar-refractivity contribution is -0.159. The van der Waals surface area contributed by atoms with Crippen LogP contribution in [0.2, 0.25) is 0 Å². The van der Waals surface area contributed by atoms with Gasteiger partial charge in [0, 0.05) is 6.42 Å². The molecule has 0 saturated heterocycles. The molecule has 0 saturated carbocycles. The van der Waals surface area contributed by atoms with Crippen molar-refractivity contribution in [3.8, 4) is 6.07 Å². The second-order valence-corrected chi connectivity index (χ2v) is 11.6. The van der Waals surface area contributed by atoms with E-state index in [1.54, 1.807) is 65.8 Å². The maximum atomic E-state index is 13.9. The van der Waals surface area contributed by atoms with Crippen molar-refractivity contribution in [2.45, 2.75) is 78.2 Å². The number of amides is 3. The number of alkyl carbamates (subject to hydrolysis) is 1. The molecule has 0 bridgehead atoms. The van der Waals surface area contributed by atoms with Crippen LogP contribution in [-0.4, -0.2) is 59.1 Å². The van der Waals surface area contributed by atoms with Gasteiger partial charge in [-0.1, -0.05) is 60.2 Å². The number of carbonyl (C=O) groups excluding carboxylic acids is 4. The predicted octanol–water partition coefficient (Wildman–Crippen LogP) is 3.98. The number of carbonyl (C=O) groups is 4. The van der Waals surface area contributed by atoms with Gasteiger partial charge in [-0.05, 0) is 59.6 Å². The number of hydrogen-bond donors (Lipinski definition) is 2. The van der Waals surface area contributed by atoms with Crippen LogP contribution in [0.3, 0.4) is 0 Å². The van der Waals surface area contributed by atoms with Crippen LogP contribution in [0.4, 0.5) is 4.79 Å². The van der Waals surface area contributed by atoms with Crippen molar-refractivity contribution in [2.75, 3.05) is 13.1 Å². The highest BCUT2D eigenvalue weighted by Crippen LogP contribution is 2.23. The van der Waals surface area contributed by atoms with E-state index in [1.165, 1.54) is 0 Å². The number of hydrogen-bond acceptors (Lipinski definition) is 7. The van der Waals surface area contributed by atoms with Crippen molar-refractivity contribution in [2.24, 2.45) is 0 Å². The molecule has 0 aliphatic heterocycles. The minimum atomic E-state index is -1.27. The van der Waals surface area contributed by atoms with Crippen LogP contribution in [0.5, 0.6) is 0 Å². The zero-order chi connectivity index (χ0) is 30.8. The van der Waals surface area contributed by atoms with E-state index in [9.17, 15) is 24.4 Å². The molecule has 0 aliphatic rings. The fourth-order valence-corrected chi connectivity index (χ4v) is 3.85. The molecule has 2 aromatic rings. The van der Waals surface area contributed by atoms with Gasteiger partial charge in [-0.15, -0.1) is 0 Å². The van der Waals surface area contributed by atoms with Gasteiger partial charge in [-0.2, -0.15) is 5.26 Å². The van der Waals surface area contributed by atoms with Crippen molar-refractivity contribution in [1.82, 2.24) is 15.5 Å². The maximum Gasteiger partial charge on any atom is 0.408 e. The lowest BCUT2D eigenvalue weighted by Crippen LogP contribution is -2.52. The summed E-state index contributed by atoms with van der Waals surface area (Å²) >= 11 is 0. The maximum absolute atomic E-state index is 13.9. The molecule has 220 valence electrons. The standard InChI is InChI=1S/C31H40N4O6/c1-21-13-15-23(16-14-21)26(35(18-17-32)25(36)20-33-29(39)41-31(5,6)7)27(37)34-24(28(38)40-30(2,3)4)19-22-11-9-8-10-12-22/h8-16,24,26H,18-20H2,1-7H3,(H,33,39)(H,34,37). The number of rotatable bonds is 10. The molecule has 10 heteroatoms. The summed E-state index contributed by atoms with van der Waals surface area (Å²) in [6.45, 7) is 11.2. The van der Waals surface area contributed by atoms with E-state index >= 15 is 0 Å². The summed E-state index contributed by atoms with van der Waals surface area (Å²) in [7, 11) is 0. The van der Waals surface area contributed by atoms with Crippen LogP contribution in [0.15, 0.2) is 54.6 Å². The molecule has 2 rings (SSSR count). The van der Waals surface area contributed by atoms with Crippen LogP contribution in [0.1, 0.15) is 64.3 Å². The van der Waals surface area contributed by atoms with E-state index < -0.39 is 60.3 Å². The molecule has 0 aromatic heterocycles. The summed E-state index contributed by atoms with van der Waals surface area (Å²) in [5.41, 5.74) is 0.565. The second kappa shape index (κ2) is 14.3. The fraction of sp³-hybridized carbons (Fsp3) is 0.452. The van der Waals surface area contributed by atoms with Crippen LogP contribution in [-0.2, 0) is 30.3 Å². The zero-order valence-electron chi connectivity index (χ0n) is 24.8. The third kappa shape index (κ3) is 11.3. The Bertz CT molecular complexity index is 1240. The molecule has 3 amide bonds. The third-order valence-electron chi connectivity index (χ3n) is 5.59. The number of aryl methyl sites for hydroxylation is 1. The highest BCUT2D eigenvalue weighted by molar-refractivity contribution is 5.93. The first kappa shape index (κ1) is 32.8. The Kier molecular flexibility index (Phi) is 11.4. The lowest BCUT2D eigenvalue weighted by atomic mass is 10.0. The molecular weight excluding hydrogens is 524 g/mol. The van der Waals surface area contributed by atoms with E-state index in [0.29, 0.717) is 5.56 Å². The van der Waals surface area contributed by atoms with Crippen molar-refractivity contribution in [3.05, 3.63) is 71.3 Å². The Hall–Kier alpha value is -4.39. The minimum Gasteiger partial charge on any atom is -0.458 e. The van der Waals surface area contributed by atoms with Gasteiger partial charge >= 0.3 is 12.1 Å². The Balaban J connectivity index is 2.42. The molecule has 0 fully saturated rings. The number of benzene rings is 2. The molecule has 0 heterocycles. The van der Waals surface area contributed by atoms with Crippen molar-refractivity contribution in [1.29, 1.82) is 5.26 Å². The number of ether oxygens (including phenoxy) is 2. The number of nitriles is 1. The molecule has 0 spiro atoms. The topological polar surface area (TPSA) is 138 Å². The van der Waals surface area contributed by atoms with E-state index in [1.807, 2.05) is 43.3 Å². The Morgan fingerprint density at radius 2 is 1.49 bits per heavy atom. The Labute approximate surface area is 242 Å². The molecule has 0 aliphatic carbocycles. The van der Waals surface area contributed by atoms with Crippen LogP contribution >= 0.6 is 0 Å². The summed E-state index contributed by atoms with van der Waals surface area (Å²) in [5, 5.41) is 14.7. The average molecular weight is 565 g/mol. The van der Waals surface area contributed by atoms with Gasteiger partial charge in [-0.3, -0.25) is 9.59 Å². The summed E-state index contributed by atoms with van der Waals surface area (Å²) in [4.78, 5) is 53.6. The molecule has 2 unspecified atom stereocenters. The summed E-state index contributed by atoms with van der Waals surface area (Å²) in [5.74, 6) is -2.00. The van der Waals surface area contributed by atoms with Crippen molar-refractivity contribution in [3.63, 3.8) is 0 Å². The summed E-state index contributed by atoms with van der Waals surface area (Å²) in [6, 6.07) is 15.6. The minimum absolute atomic E-state index is 0.147. The van der Waals surface area contributed by atoms with E-state index in [2.05, 4.69) is 10.6 Å². The molecule has 2 atom stereocenters. The molecule has 2 N–H and O–H groups in total. The van der Waals surface area contributed by atoms with Gasteiger partial charge in [0.1, 0.15) is 36.4 Å². The largest absolute Gasteiger partial charge is 0.458 e. The Morgan fingerprint density at radius 3 is 2.02 bits per heavy atom. The van der Waals surface area contributed by atoms with Gasteiger partial charge in [0.25, 0.3) is 0 Å². The van der Waals surface area contributed by atoms with Crippen molar-refractivity contribution >= 4 is 23.9 Å². The normalized spacial score (nSPS) is 12.7. The SMILES string of the molecule is Cc1ccc(C(C(=O)NC(Cc2ccccc2)C(=O)OC(C)(C)C)N(CC#N)C(=O)CNC(=O)OC(C)(C)C)cc1. The van der Waals surface area contributed by atoms with Gasteiger partial charge in [0.2, 0.25) is 11.8 Å². The molecule has 10 nitrogen and oxygen atoms in total. The zero-order valence-corrected chi connectivity index (χ0v) is 24.8. The van der Waals surface area contributed by atoms with Crippen LogP contribution < -0.4 is 10.6 Å². The van der Waals surface area contributed by atoms with E-state index in [0.717, 1.165) is 16.0 Å². The first-order valence-corrected chi connectivity index (χ1v) is 13.4. The monoisotopic (exact) mass is 564 g/mol. The van der Waals surface area contributed by atoms with Gasteiger partial charge < -0.3 is 25.0 Å². The first-order valence-electron chi connectivity index (χ1n) is 13.4. The van der Waals surface area contributed by atoms with Gasteiger partial charge in [0.15, 0.2) is 0 Å². The smallest absolute Gasteiger partial charge is 0.408 e. The highest BCUT2D eigenvalue weighted by Gasteiger charge is 2.35. The number of esters is 1. The summed E-state index contributed by atoms with van der Waals surface area (Å²) < 4.78 is 10.8. The average Bonchev–Trinajstić information content (AvgIpc) is 2.86. The molecule has 41 heavy (non-hydrogen) atoms. The molecular formula is C31H40N4O6. The lowest BCUT2D eigenvalue weighted by Gasteiger charge is -2.31. The number of nitrogens with one attached hydrogen (secondary N) is 2. The molecule has 0 radical (unpaired) electrons. The first-order chi connectivity index (χ1) is 19.1. The highest BCUT2D eigenvalue weighted by atomic mass is 16.6. The fourth-order valence-electron chi connectivity index (χ4n) is 3.85. The van der Waals surface area contributed by atoms with Crippen LogP contribution in [0, 0.1) is 18.3 Å². The molecule has 2 aromatic carbocycles. The third-order valence-corrected chi connectivity index (χ3v) is 5.59. The summed E-state index contributed by atoms with van der Waals surface area (Å²) in [6.07, 6.45) is -0.666. The van der Waals surface area contributed by atoms with Gasteiger partial charge in [0.05, 0.1) is 6.07 Å². The van der Waals surface area contributed by atoms with Gasteiger partial charge in [-0.25, -0.2) is 9.59 Å².